The lowest BCUT2D eigenvalue weighted by molar-refractivity contribution is -0.147. The molecule has 0 saturated carbocycles. The Hall–Kier alpha value is -1.63. The number of hydrogen-bond acceptors (Lipinski definition) is 5. The first-order chi connectivity index (χ1) is 12.2. The smallest absolute Gasteiger partial charge is 0.440 e. The summed E-state index contributed by atoms with van der Waals surface area (Å²) in [6.45, 7) is 5.36. The van der Waals surface area contributed by atoms with Crippen molar-refractivity contribution in [2.75, 3.05) is 6.61 Å². The van der Waals surface area contributed by atoms with Gasteiger partial charge in [0.2, 0.25) is 0 Å². The summed E-state index contributed by atoms with van der Waals surface area (Å²) >= 11 is 6.09. The van der Waals surface area contributed by atoms with Gasteiger partial charge in [-0.3, -0.25) is 4.79 Å². The van der Waals surface area contributed by atoms with E-state index >= 15 is 0 Å². The van der Waals surface area contributed by atoms with Gasteiger partial charge < -0.3 is 14.5 Å². The van der Waals surface area contributed by atoms with Crippen molar-refractivity contribution in [3.63, 3.8) is 0 Å². The van der Waals surface area contributed by atoms with Crippen LogP contribution in [0, 0.1) is 5.92 Å². The van der Waals surface area contributed by atoms with Crippen molar-refractivity contribution in [2.24, 2.45) is 5.92 Å². The predicted molar refractivity (Wildman–Crippen MR) is 98.9 cm³/mol. The Morgan fingerprint density at radius 3 is 2.62 bits per heavy atom. The van der Waals surface area contributed by atoms with Gasteiger partial charge in [0, 0.05) is 5.39 Å². The van der Waals surface area contributed by atoms with Crippen LogP contribution in [-0.4, -0.2) is 23.5 Å². The maximum absolute atomic E-state index is 12.1. The minimum Gasteiger partial charge on any atom is -0.464 e. The van der Waals surface area contributed by atoms with Gasteiger partial charge >= 0.3 is 13.7 Å². The summed E-state index contributed by atoms with van der Waals surface area (Å²) in [4.78, 5) is 26.7. The molecule has 2 atom stereocenters. The van der Waals surface area contributed by atoms with Crippen molar-refractivity contribution >= 4 is 36.1 Å². The first kappa shape index (κ1) is 20.7. The molecule has 0 bridgehead atoms. The van der Waals surface area contributed by atoms with Crippen LogP contribution in [0.3, 0.4) is 0 Å². The fourth-order valence-electron chi connectivity index (χ4n) is 2.08. The number of fused-ring (bicyclic) bond motifs is 1. The second-order valence-electron chi connectivity index (χ2n) is 6.15. The quantitative estimate of drug-likeness (QED) is 0.298. The molecule has 7 nitrogen and oxygen atoms in total. The summed E-state index contributed by atoms with van der Waals surface area (Å²) in [5.41, 5.74) is 0. The lowest BCUT2D eigenvalue weighted by Gasteiger charge is -2.18. The van der Waals surface area contributed by atoms with E-state index in [1.807, 2.05) is 26.0 Å². The Balaban J connectivity index is 2.03. The molecule has 0 fully saturated rings. The van der Waals surface area contributed by atoms with Gasteiger partial charge in [0.15, 0.2) is 5.75 Å². The molecule has 0 radical (unpaired) electrons. The zero-order valence-corrected chi connectivity index (χ0v) is 16.3. The molecule has 2 aromatic carbocycles. The first-order valence-electron chi connectivity index (χ1n) is 8.00. The van der Waals surface area contributed by atoms with Crippen molar-refractivity contribution in [1.82, 2.24) is 5.09 Å². The fraction of sp³-hybridized carbons (Fsp3) is 0.353. The van der Waals surface area contributed by atoms with E-state index in [4.69, 9.17) is 21.2 Å². The number of hydrogen-bond donors (Lipinski definition) is 2. The minimum absolute atomic E-state index is 0.107. The number of nitrogens with one attached hydrogen (secondary N) is 1. The number of halogens is 1. The summed E-state index contributed by atoms with van der Waals surface area (Å²) < 4.78 is 21.8. The number of carbonyl (C=O) groups is 1. The van der Waals surface area contributed by atoms with Gasteiger partial charge in [-0.05, 0) is 24.3 Å². The van der Waals surface area contributed by atoms with Crippen LogP contribution in [0.25, 0.3) is 10.8 Å². The zero-order valence-electron chi connectivity index (χ0n) is 14.6. The molecule has 0 spiro atoms. The number of rotatable bonds is 8. The average molecular weight is 402 g/mol. The maximum Gasteiger partial charge on any atom is 0.440 e. The molecule has 26 heavy (non-hydrogen) atoms. The van der Waals surface area contributed by atoms with Gasteiger partial charge in [-0.15, -0.1) is 0 Å². The topological polar surface area (TPSA) is 94.1 Å². The van der Waals surface area contributed by atoms with E-state index < -0.39 is 19.8 Å². The minimum atomic E-state index is -4.44. The van der Waals surface area contributed by atoms with E-state index in [2.05, 4.69) is 9.76 Å². The van der Waals surface area contributed by atoms with Gasteiger partial charge in [0.1, 0.15) is 6.04 Å². The summed E-state index contributed by atoms with van der Waals surface area (Å²) in [5.74, 6) is -0.407. The number of esters is 1. The van der Waals surface area contributed by atoms with Gasteiger partial charge in [-0.25, -0.2) is 9.65 Å². The SMILES string of the molecule is CC(C)COC(=O)C(C)NP(=O)(O)OOc1c(Cl)ccc2ccccc12. The molecule has 0 saturated heterocycles. The van der Waals surface area contributed by atoms with Gasteiger partial charge in [0.05, 0.1) is 11.6 Å². The Kier molecular flexibility index (Phi) is 7.03. The summed E-state index contributed by atoms with van der Waals surface area (Å²) in [6.07, 6.45) is 0. The first-order valence-corrected chi connectivity index (χ1v) is 9.96. The molecule has 0 aliphatic carbocycles. The maximum atomic E-state index is 12.1. The van der Waals surface area contributed by atoms with E-state index in [1.54, 1.807) is 24.3 Å². The van der Waals surface area contributed by atoms with Crippen LogP contribution in [0.4, 0.5) is 0 Å². The Morgan fingerprint density at radius 1 is 1.23 bits per heavy atom. The molecule has 9 heteroatoms. The number of ether oxygens (including phenoxy) is 1. The van der Waals surface area contributed by atoms with Crippen molar-refractivity contribution in [3.05, 3.63) is 41.4 Å². The molecular formula is C17H21ClNO6P. The number of carbonyl (C=O) groups excluding carboxylic acids is 1. The lowest BCUT2D eigenvalue weighted by Crippen LogP contribution is -2.34. The molecule has 0 aromatic heterocycles. The highest BCUT2D eigenvalue weighted by Gasteiger charge is 2.29. The third kappa shape index (κ3) is 5.69. The van der Waals surface area contributed by atoms with E-state index in [0.29, 0.717) is 5.39 Å². The molecule has 2 N–H and O–H groups in total. The highest BCUT2D eigenvalue weighted by Crippen LogP contribution is 2.41. The molecule has 0 heterocycles. The van der Waals surface area contributed by atoms with E-state index in [1.165, 1.54) is 6.92 Å². The standard InChI is InChI=1S/C17H21ClNO6P/c1-11(2)10-23-17(20)12(3)19-26(21,22)25-24-16-14-7-5-4-6-13(14)8-9-15(16)18/h4-9,11-12H,10H2,1-3H3,(H2,19,21,22). The summed E-state index contributed by atoms with van der Waals surface area (Å²) in [5, 5.41) is 3.82. The van der Waals surface area contributed by atoms with Crippen molar-refractivity contribution in [1.29, 1.82) is 0 Å². The Morgan fingerprint density at radius 2 is 1.92 bits per heavy atom. The van der Waals surface area contributed by atoms with Crippen molar-refractivity contribution in [2.45, 2.75) is 26.8 Å². The van der Waals surface area contributed by atoms with Crippen LogP contribution in [0.5, 0.6) is 5.75 Å². The van der Waals surface area contributed by atoms with E-state index in [9.17, 15) is 14.3 Å². The lowest BCUT2D eigenvalue weighted by atomic mass is 10.1. The van der Waals surface area contributed by atoms with E-state index in [-0.39, 0.29) is 23.3 Å². The van der Waals surface area contributed by atoms with Crippen LogP contribution in [0.1, 0.15) is 20.8 Å². The zero-order chi connectivity index (χ0) is 19.3. The third-order valence-corrected chi connectivity index (χ3v) is 4.61. The largest absolute Gasteiger partial charge is 0.464 e. The second-order valence-corrected chi connectivity index (χ2v) is 8.01. The van der Waals surface area contributed by atoms with Crippen LogP contribution in [0.2, 0.25) is 5.02 Å². The molecule has 2 rings (SSSR count). The van der Waals surface area contributed by atoms with Crippen LogP contribution < -0.4 is 9.97 Å². The van der Waals surface area contributed by atoms with Gasteiger partial charge in [0.25, 0.3) is 0 Å². The summed E-state index contributed by atoms with van der Waals surface area (Å²) in [6, 6.07) is 9.50. The predicted octanol–water partition coefficient (Wildman–Crippen LogP) is 4.08. The average Bonchev–Trinajstić information content (AvgIpc) is 2.58. The monoisotopic (exact) mass is 401 g/mol. The second kappa shape index (κ2) is 8.84. The molecule has 0 aliphatic rings. The molecule has 2 unspecified atom stereocenters. The van der Waals surface area contributed by atoms with Crippen LogP contribution >= 0.6 is 19.3 Å². The van der Waals surface area contributed by atoms with Crippen molar-refractivity contribution < 1.29 is 28.6 Å². The fourth-order valence-corrected chi connectivity index (χ4v) is 3.09. The van der Waals surface area contributed by atoms with Crippen LogP contribution in [0.15, 0.2) is 36.4 Å². The Labute approximate surface area is 156 Å². The molecule has 0 amide bonds. The van der Waals surface area contributed by atoms with Crippen LogP contribution in [-0.2, 0) is 18.8 Å². The Bertz CT molecular complexity index is 828. The normalized spacial score (nSPS) is 14.8. The summed E-state index contributed by atoms with van der Waals surface area (Å²) in [7, 11) is -4.44. The molecule has 2 aromatic rings. The van der Waals surface area contributed by atoms with Gasteiger partial charge in [-0.2, -0.15) is 0 Å². The van der Waals surface area contributed by atoms with Crippen molar-refractivity contribution in [3.8, 4) is 5.75 Å². The molecular weight excluding hydrogens is 381 g/mol. The van der Waals surface area contributed by atoms with Gasteiger partial charge in [-0.1, -0.05) is 60.5 Å². The molecule has 142 valence electrons. The highest BCUT2D eigenvalue weighted by molar-refractivity contribution is 7.50. The molecule has 0 aliphatic heterocycles. The highest BCUT2D eigenvalue weighted by atomic mass is 35.5. The van der Waals surface area contributed by atoms with E-state index in [0.717, 1.165) is 5.39 Å². The third-order valence-electron chi connectivity index (χ3n) is 3.32. The number of benzene rings is 2.